The number of aromatic amines is 1. The number of carboxylic acids is 1. The molecule has 6 nitrogen and oxygen atoms in total. The number of aryl methyl sites for hydroxylation is 1. The number of aromatic nitrogens is 2. The van der Waals surface area contributed by atoms with Crippen LogP contribution in [0, 0.1) is 6.92 Å². The second-order valence-corrected chi connectivity index (χ2v) is 3.99. The Morgan fingerprint density at radius 3 is 2.75 bits per heavy atom. The highest BCUT2D eigenvalue weighted by molar-refractivity contribution is 5.94. The standard InChI is InChI=1S/C10H13N3O3/c1-6-4-8(12-11-6)10(16)13(5-9(14)15)7-2-3-7/h4,7H,2-3,5H2,1H3,(H,11,12)(H,14,15). The molecule has 1 aromatic rings. The van der Waals surface area contributed by atoms with Crippen LogP contribution in [0.15, 0.2) is 6.07 Å². The van der Waals surface area contributed by atoms with Gasteiger partial charge in [0.25, 0.3) is 5.91 Å². The molecule has 0 aliphatic heterocycles. The summed E-state index contributed by atoms with van der Waals surface area (Å²) in [6, 6.07) is 1.69. The fourth-order valence-corrected chi connectivity index (χ4v) is 1.57. The van der Waals surface area contributed by atoms with E-state index in [1.165, 1.54) is 4.90 Å². The van der Waals surface area contributed by atoms with Crippen molar-refractivity contribution in [3.8, 4) is 0 Å². The van der Waals surface area contributed by atoms with E-state index in [2.05, 4.69) is 10.2 Å². The summed E-state index contributed by atoms with van der Waals surface area (Å²) < 4.78 is 0. The lowest BCUT2D eigenvalue weighted by molar-refractivity contribution is -0.137. The Balaban J connectivity index is 2.13. The number of carbonyl (C=O) groups excluding carboxylic acids is 1. The molecule has 1 aliphatic rings. The SMILES string of the molecule is Cc1cc(C(=O)N(CC(=O)O)C2CC2)n[nH]1. The average molecular weight is 223 g/mol. The monoisotopic (exact) mass is 223 g/mol. The highest BCUT2D eigenvalue weighted by atomic mass is 16.4. The van der Waals surface area contributed by atoms with E-state index in [-0.39, 0.29) is 24.2 Å². The van der Waals surface area contributed by atoms with Gasteiger partial charge in [0.2, 0.25) is 0 Å². The van der Waals surface area contributed by atoms with Crippen LogP contribution >= 0.6 is 0 Å². The van der Waals surface area contributed by atoms with Crippen molar-refractivity contribution in [2.45, 2.75) is 25.8 Å². The molecule has 0 bridgehead atoms. The molecule has 16 heavy (non-hydrogen) atoms. The molecule has 1 heterocycles. The summed E-state index contributed by atoms with van der Waals surface area (Å²) in [5, 5.41) is 15.3. The summed E-state index contributed by atoms with van der Waals surface area (Å²) in [5.74, 6) is -1.30. The van der Waals surface area contributed by atoms with Crippen molar-refractivity contribution < 1.29 is 14.7 Å². The van der Waals surface area contributed by atoms with Crippen LogP contribution in [0.25, 0.3) is 0 Å². The first kappa shape index (κ1) is 10.7. The van der Waals surface area contributed by atoms with Crippen molar-refractivity contribution >= 4 is 11.9 Å². The molecule has 0 unspecified atom stereocenters. The summed E-state index contributed by atoms with van der Waals surface area (Å²) in [7, 11) is 0. The van der Waals surface area contributed by atoms with E-state index in [0.717, 1.165) is 18.5 Å². The average Bonchev–Trinajstić information content (AvgIpc) is 2.96. The molecule has 0 saturated heterocycles. The van der Waals surface area contributed by atoms with E-state index < -0.39 is 5.97 Å². The van der Waals surface area contributed by atoms with Gasteiger partial charge < -0.3 is 10.0 Å². The van der Waals surface area contributed by atoms with Crippen LogP contribution in [-0.2, 0) is 4.79 Å². The maximum Gasteiger partial charge on any atom is 0.323 e. The number of hydrogen-bond acceptors (Lipinski definition) is 3. The van der Waals surface area contributed by atoms with Crippen molar-refractivity contribution in [2.24, 2.45) is 0 Å². The van der Waals surface area contributed by atoms with Crippen molar-refractivity contribution in [3.63, 3.8) is 0 Å². The van der Waals surface area contributed by atoms with E-state index in [4.69, 9.17) is 5.11 Å². The fraction of sp³-hybridized carbons (Fsp3) is 0.500. The molecule has 1 aromatic heterocycles. The number of carbonyl (C=O) groups is 2. The quantitative estimate of drug-likeness (QED) is 0.773. The number of hydrogen-bond donors (Lipinski definition) is 2. The van der Waals surface area contributed by atoms with Gasteiger partial charge in [-0.1, -0.05) is 0 Å². The molecule has 1 fully saturated rings. The highest BCUT2D eigenvalue weighted by Crippen LogP contribution is 2.27. The van der Waals surface area contributed by atoms with Crippen LogP contribution in [0.3, 0.4) is 0 Å². The molecular formula is C10H13N3O3. The number of nitrogens with one attached hydrogen (secondary N) is 1. The van der Waals surface area contributed by atoms with Gasteiger partial charge in [0, 0.05) is 11.7 Å². The minimum Gasteiger partial charge on any atom is -0.480 e. The van der Waals surface area contributed by atoms with Crippen molar-refractivity contribution in [1.82, 2.24) is 15.1 Å². The van der Waals surface area contributed by atoms with Crippen molar-refractivity contribution in [1.29, 1.82) is 0 Å². The van der Waals surface area contributed by atoms with Gasteiger partial charge in [-0.25, -0.2) is 0 Å². The Kier molecular flexibility index (Phi) is 2.64. The molecular weight excluding hydrogens is 210 g/mol. The number of aliphatic carboxylic acids is 1. The zero-order valence-corrected chi connectivity index (χ0v) is 8.93. The van der Waals surface area contributed by atoms with E-state index in [0.29, 0.717) is 0 Å². The third-order valence-corrected chi connectivity index (χ3v) is 2.48. The summed E-state index contributed by atoms with van der Waals surface area (Å²) in [6.45, 7) is 1.54. The summed E-state index contributed by atoms with van der Waals surface area (Å²) in [4.78, 5) is 24.0. The Bertz CT molecular complexity index is 423. The third-order valence-electron chi connectivity index (χ3n) is 2.48. The molecule has 6 heteroatoms. The van der Waals surface area contributed by atoms with Gasteiger partial charge in [0.05, 0.1) is 0 Å². The molecule has 0 radical (unpaired) electrons. The molecule has 2 N–H and O–H groups in total. The number of nitrogens with zero attached hydrogens (tertiary/aromatic N) is 2. The minimum atomic E-state index is -0.993. The largest absolute Gasteiger partial charge is 0.480 e. The molecule has 1 amide bonds. The maximum absolute atomic E-state index is 12.0. The van der Waals surface area contributed by atoms with Gasteiger partial charge in [0.15, 0.2) is 0 Å². The van der Waals surface area contributed by atoms with Gasteiger partial charge in [-0.2, -0.15) is 5.10 Å². The molecule has 86 valence electrons. The minimum absolute atomic E-state index is 0.0700. The van der Waals surface area contributed by atoms with Crippen molar-refractivity contribution in [2.75, 3.05) is 6.54 Å². The predicted octanol–water partition coefficient (Wildman–Crippen LogP) is 0.407. The van der Waals surface area contributed by atoms with Crippen LogP contribution < -0.4 is 0 Å². The molecule has 1 aliphatic carbocycles. The van der Waals surface area contributed by atoms with Crippen LogP contribution in [0.2, 0.25) is 0 Å². The van der Waals surface area contributed by atoms with E-state index in [1.807, 2.05) is 0 Å². The molecule has 0 spiro atoms. The summed E-state index contributed by atoms with van der Waals surface area (Å²) in [5.41, 5.74) is 1.07. The maximum atomic E-state index is 12.0. The Morgan fingerprint density at radius 2 is 2.31 bits per heavy atom. The lowest BCUT2D eigenvalue weighted by Gasteiger charge is -2.18. The normalized spacial score (nSPS) is 14.8. The number of carboxylic acid groups (broad SMARTS) is 1. The van der Waals surface area contributed by atoms with Crippen LogP contribution in [-0.4, -0.2) is 44.7 Å². The second-order valence-electron chi connectivity index (χ2n) is 3.99. The lowest BCUT2D eigenvalue weighted by Crippen LogP contribution is -2.37. The van der Waals surface area contributed by atoms with Gasteiger partial charge in [-0.05, 0) is 25.8 Å². The van der Waals surface area contributed by atoms with Crippen molar-refractivity contribution in [3.05, 3.63) is 17.5 Å². The zero-order valence-electron chi connectivity index (χ0n) is 8.93. The number of rotatable bonds is 4. The first-order valence-corrected chi connectivity index (χ1v) is 5.12. The van der Waals surface area contributed by atoms with Gasteiger partial charge in [-0.3, -0.25) is 14.7 Å². The third kappa shape index (κ3) is 2.21. The van der Waals surface area contributed by atoms with Gasteiger partial charge >= 0.3 is 5.97 Å². The number of amides is 1. The van der Waals surface area contributed by atoms with Crippen LogP contribution in [0.5, 0.6) is 0 Å². The Hall–Kier alpha value is -1.85. The molecule has 2 rings (SSSR count). The molecule has 1 saturated carbocycles. The topological polar surface area (TPSA) is 86.3 Å². The smallest absolute Gasteiger partial charge is 0.323 e. The Morgan fingerprint density at radius 1 is 1.62 bits per heavy atom. The molecule has 0 aromatic carbocycles. The first-order valence-electron chi connectivity index (χ1n) is 5.12. The summed E-state index contributed by atoms with van der Waals surface area (Å²) in [6.07, 6.45) is 1.75. The van der Waals surface area contributed by atoms with Crippen LogP contribution in [0.4, 0.5) is 0 Å². The Labute approximate surface area is 92.3 Å². The molecule has 0 atom stereocenters. The fourth-order valence-electron chi connectivity index (χ4n) is 1.57. The lowest BCUT2D eigenvalue weighted by atomic mass is 10.3. The highest BCUT2D eigenvalue weighted by Gasteiger charge is 2.35. The van der Waals surface area contributed by atoms with Gasteiger partial charge in [0.1, 0.15) is 12.2 Å². The number of H-pyrrole nitrogens is 1. The predicted molar refractivity (Wildman–Crippen MR) is 55.0 cm³/mol. The first-order chi connectivity index (χ1) is 7.58. The van der Waals surface area contributed by atoms with Gasteiger partial charge in [-0.15, -0.1) is 0 Å². The second kappa shape index (κ2) is 3.96. The van der Waals surface area contributed by atoms with E-state index >= 15 is 0 Å². The van der Waals surface area contributed by atoms with E-state index in [1.54, 1.807) is 13.0 Å². The van der Waals surface area contributed by atoms with E-state index in [9.17, 15) is 9.59 Å². The van der Waals surface area contributed by atoms with Crippen LogP contribution in [0.1, 0.15) is 29.0 Å². The zero-order chi connectivity index (χ0) is 11.7. The summed E-state index contributed by atoms with van der Waals surface area (Å²) >= 11 is 0.